The third-order valence-corrected chi connectivity index (χ3v) is 11.9. The number of cyclic esters (lactones) is 1. The first-order chi connectivity index (χ1) is 18.6. The lowest BCUT2D eigenvalue weighted by Crippen LogP contribution is -2.71. The predicted octanol–water partition coefficient (Wildman–Crippen LogP) is 1.52. The van der Waals surface area contributed by atoms with Crippen LogP contribution in [0.5, 0.6) is 0 Å². The lowest BCUT2D eigenvalue weighted by Gasteiger charge is -2.63. The van der Waals surface area contributed by atoms with Crippen LogP contribution in [-0.2, 0) is 38.0 Å². The second kappa shape index (κ2) is 8.00. The van der Waals surface area contributed by atoms with Crippen LogP contribution >= 0.6 is 0 Å². The van der Waals surface area contributed by atoms with Gasteiger partial charge in [-0.1, -0.05) is 25.5 Å². The van der Waals surface area contributed by atoms with Gasteiger partial charge in [0.2, 0.25) is 12.1 Å². The Morgan fingerprint density at radius 3 is 2.74 bits per heavy atom. The number of fused-ring (bicyclic) bond motifs is 6. The highest BCUT2D eigenvalue weighted by Crippen LogP contribution is 2.69. The van der Waals surface area contributed by atoms with Gasteiger partial charge in [0.1, 0.15) is 24.9 Å². The lowest BCUT2D eigenvalue weighted by molar-refractivity contribution is -0.421. The highest BCUT2D eigenvalue weighted by atomic mass is 16.9. The van der Waals surface area contributed by atoms with Crippen molar-refractivity contribution in [1.29, 1.82) is 0 Å². The first-order valence-corrected chi connectivity index (χ1v) is 14.3. The molecule has 0 radical (unpaired) electrons. The van der Waals surface area contributed by atoms with Crippen molar-refractivity contribution in [3.05, 3.63) is 23.3 Å². The van der Waals surface area contributed by atoms with E-state index in [2.05, 4.69) is 13.0 Å². The number of carbonyl (C=O) groups excluding carboxylic acids is 2. The Kier molecular flexibility index (Phi) is 5.14. The third kappa shape index (κ3) is 2.96. The average molecular weight is 545 g/mol. The van der Waals surface area contributed by atoms with Crippen molar-refractivity contribution in [3.8, 4) is 0 Å². The van der Waals surface area contributed by atoms with Gasteiger partial charge in [-0.2, -0.15) is 0 Å². The second-order valence-electron chi connectivity index (χ2n) is 13.3. The number of ether oxygens (including phenoxy) is 6. The van der Waals surface area contributed by atoms with Gasteiger partial charge in [0, 0.05) is 29.2 Å². The Hall–Kier alpha value is -1.66. The molecule has 212 valence electrons. The largest absolute Gasteiger partial charge is 0.458 e. The van der Waals surface area contributed by atoms with Gasteiger partial charge >= 0.3 is 5.97 Å². The topological polar surface area (TPSA) is 130 Å². The Labute approximate surface area is 226 Å². The van der Waals surface area contributed by atoms with Crippen LogP contribution in [0.15, 0.2) is 23.3 Å². The van der Waals surface area contributed by atoms with Gasteiger partial charge in [0.15, 0.2) is 12.6 Å². The molecule has 0 aromatic heterocycles. The van der Waals surface area contributed by atoms with E-state index in [0.29, 0.717) is 38.7 Å². The van der Waals surface area contributed by atoms with Crippen molar-refractivity contribution >= 4 is 11.8 Å². The number of Topliss-reactive ketones (excluding diaryl/α,β-unsaturated/α-hetero) is 1. The van der Waals surface area contributed by atoms with E-state index in [1.54, 1.807) is 0 Å². The fourth-order valence-electron chi connectivity index (χ4n) is 9.91. The summed E-state index contributed by atoms with van der Waals surface area (Å²) in [6.45, 7) is 4.67. The van der Waals surface area contributed by atoms with Gasteiger partial charge in [0.25, 0.3) is 0 Å². The number of rotatable bonds is 1. The van der Waals surface area contributed by atoms with Gasteiger partial charge < -0.3 is 38.6 Å². The van der Waals surface area contributed by atoms with Crippen LogP contribution in [0.1, 0.15) is 52.4 Å². The normalized spacial score (nSPS) is 55.8. The third-order valence-electron chi connectivity index (χ3n) is 11.9. The van der Waals surface area contributed by atoms with Crippen molar-refractivity contribution in [2.45, 2.75) is 94.5 Å². The van der Waals surface area contributed by atoms with Gasteiger partial charge in [0.05, 0.1) is 18.3 Å². The maximum atomic E-state index is 14.3. The summed E-state index contributed by atoms with van der Waals surface area (Å²) in [6, 6.07) is 0. The smallest absolute Gasteiger partial charge is 0.331 e. The van der Waals surface area contributed by atoms with E-state index in [1.165, 1.54) is 6.08 Å². The SMILES string of the molecule is C[C@@]12[C@@H](C3=CC(=O)OC3)CC[C@]1(O)[C@@H]1CCC3=C[C@H]4O[C@@H]5OCC[C@H]6OCO[C@@]56O[C@@H]4C[C@]3(C)[C@H]1C(=O)[C@@H]2O. The predicted molar refractivity (Wildman–Crippen MR) is 131 cm³/mol. The van der Waals surface area contributed by atoms with Crippen LogP contribution < -0.4 is 0 Å². The number of carbonyl (C=O) groups is 2. The minimum absolute atomic E-state index is 0.110. The summed E-state index contributed by atoms with van der Waals surface area (Å²) in [6.07, 6.45) is 4.03. The summed E-state index contributed by atoms with van der Waals surface area (Å²) < 4.78 is 35.9. The summed E-state index contributed by atoms with van der Waals surface area (Å²) in [4.78, 5) is 26.1. The van der Waals surface area contributed by atoms with Crippen LogP contribution in [0.25, 0.3) is 0 Å². The molecule has 1 spiro atoms. The van der Waals surface area contributed by atoms with Crippen molar-refractivity contribution < 1.29 is 48.2 Å². The van der Waals surface area contributed by atoms with Crippen LogP contribution in [0.2, 0.25) is 0 Å². The van der Waals surface area contributed by atoms with Gasteiger partial charge in [-0.3, -0.25) is 4.79 Å². The number of aliphatic hydroxyl groups excluding tert-OH is 1. The van der Waals surface area contributed by atoms with Crippen molar-refractivity contribution in [2.24, 2.45) is 28.6 Å². The molecule has 3 saturated carbocycles. The zero-order chi connectivity index (χ0) is 26.9. The summed E-state index contributed by atoms with van der Waals surface area (Å²) in [5.41, 5.74) is -1.11. The molecule has 4 heterocycles. The van der Waals surface area contributed by atoms with Crippen LogP contribution in [0.4, 0.5) is 0 Å². The molecular weight excluding hydrogens is 508 g/mol. The number of hydrogen-bond donors (Lipinski definition) is 2. The van der Waals surface area contributed by atoms with Crippen molar-refractivity contribution in [1.82, 2.24) is 0 Å². The fourth-order valence-corrected chi connectivity index (χ4v) is 9.91. The molecule has 4 aliphatic carbocycles. The number of ketones is 1. The van der Waals surface area contributed by atoms with E-state index in [9.17, 15) is 19.8 Å². The Morgan fingerprint density at radius 2 is 1.95 bits per heavy atom. The number of aliphatic hydroxyl groups is 2. The van der Waals surface area contributed by atoms with Crippen LogP contribution in [0.3, 0.4) is 0 Å². The fraction of sp³-hybridized carbons (Fsp3) is 0.793. The molecular formula is C29H36O10. The van der Waals surface area contributed by atoms with Gasteiger partial charge in [-0.05, 0) is 49.5 Å². The molecule has 3 saturated heterocycles. The highest BCUT2D eigenvalue weighted by molar-refractivity contribution is 5.90. The molecule has 0 aromatic carbocycles. The molecule has 39 heavy (non-hydrogen) atoms. The first-order valence-electron chi connectivity index (χ1n) is 14.3. The molecule has 10 heteroatoms. The highest BCUT2D eigenvalue weighted by Gasteiger charge is 2.74. The monoisotopic (exact) mass is 544 g/mol. The molecule has 0 bridgehead atoms. The van der Waals surface area contributed by atoms with E-state index in [1.807, 2.05) is 6.92 Å². The summed E-state index contributed by atoms with van der Waals surface area (Å²) in [7, 11) is 0. The number of esters is 1. The summed E-state index contributed by atoms with van der Waals surface area (Å²) in [5.74, 6) is -2.97. The minimum Gasteiger partial charge on any atom is -0.458 e. The molecule has 0 amide bonds. The Balaban J connectivity index is 1.16. The molecule has 8 aliphatic rings. The molecule has 8 rings (SSSR count). The van der Waals surface area contributed by atoms with Crippen molar-refractivity contribution in [2.75, 3.05) is 20.0 Å². The standard InChI is InChI=1S/C29H36O10/c1-26-11-19-18(38-25-29(39-19)20(6-8-34-25)36-13-37-29)10-15(26)3-4-17-22(26)23(31)24(32)27(2)16(5-7-28(17,27)33)14-9-21(30)35-12-14/h9-10,16-20,22,24-25,32-33H,3-8,11-13H2,1-2H3/t16-,17-,18-,19-,20-,22-,24+,25+,26+,27+,28+,29+/m1/s1. The zero-order valence-electron chi connectivity index (χ0n) is 22.3. The lowest BCUT2D eigenvalue weighted by atomic mass is 9.43. The number of hydrogen-bond acceptors (Lipinski definition) is 10. The minimum atomic E-state index is -1.36. The van der Waals surface area contributed by atoms with Crippen LogP contribution in [-0.4, -0.2) is 84.1 Å². The summed E-state index contributed by atoms with van der Waals surface area (Å²) >= 11 is 0. The molecule has 10 nitrogen and oxygen atoms in total. The quantitative estimate of drug-likeness (QED) is 0.370. The van der Waals surface area contributed by atoms with E-state index < -0.39 is 52.6 Å². The molecule has 4 aliphatic heterocycles. The maximum Gasteiger partial charge on any atom is 0.331 e. The zero-order valence-corrected chi connectivity index (χ0v) is 22.3. The Morgan fingerprint density at radius 1 is 1.10 bits per heavy atom. The van der Waals surface area contributed by atoms with E-state index in [4.69, 9.17) is 28.4 Å². The molecule has 2 N–H and O–H groups in total. The van der Waals surface area contributed by atoms with E-state index in [-0.39, 0.29) is 43.2 Å². The average Bonchev–Trinajstić information content (AvgIpc) is 3.60. The molecule has 0 unspecified atom stereocenters. The molecule has 0 aromatic rings. The molecule has 6 fully saturated rings. The van der Waals surface area contributed by atoms with E-state index >= 15 is 0 Å². The number of allylic oxidation sites excluding steroid dienone is 1. The maximum absolute atomic E-state index is 14.3. The van der Waals surface area contributed by atoms with Crippen LogP contribution in [0, 0.1) is 28.6 Å². The second-order valence-corrected chi connectivity index (χ2v) is 13.3. The molecule has 12 atom stereocenters. The van der Waals surface area contributed by atoms with Gasteiger partial charge in [-0.15, -0.1) is 0 Å². The van der Waals surface area contributed by atoms with E-state index in [0.717, 1.165) is 17.6 Å². The van der Waals surface area contributed by atoms with Crippen molar-refractivity contribution in [3.63, 3.8) is 0 Å². The van der Waals surface area contributed by atoms with Gasteiger partial charge in [-0.25, -0.2) is 4.79 Å². The summed E-state index contributed by atoms with van der Waals surface area (Å²) in [5, 5.41) is 24.2. The Bertz CT molecular complexity index is 1200. The first kappa shape index (κ1) is 25.1.